The predicted molar refractivity (Wildman–Crippen MR) is 91.7 cm³/mol. The zero-order chi connectivity index (χ0) is 17.7. The van der Waals surface area contributed by atoms with Crippen molar-refractivity contribution in [1.82, 2.24) is 4.90 Å². The van der Waals surface area contributed by atoms with Crippen LogP contribution >= 0.6 is 11.8 Å². The molecule has 0 aromatic heterocycles. The van der Waals surface area contributed by atoms with Gasteiger partial charge in [0, 0.05) is 18.2 Å². The van der Waals surface area contributed by atoms with Gasteiger partial charge in [0.15, 0.2) is 0 Å². The molecular weight excluding hydrogens is 335 g/mol. The molecule has 2 nitrogen and oxygen atoms in total. The number of alkyl halides is 3. The number of amides is 1. The van der Waals surface area contributed by atoms with E-state index in [0.717, 1.165) is 31.7 Å². The Labute approximate surface area is 145 Å². The van der Waals surface area contributed by atoms with Crippen LogP contribution in [0.4, 0.5) is 13.2 Å². The lowest BCUT2D eigenvalue weighted by atomic mass is 9.97. The molecular formula is C18H24F3NOS. The third kappa shape index (κ3) is 4.26. The largest absolute Gasteiger partial charge is 0.416 e. The number of unbranched alkanes of at least 4 members (excludes halogenated alkanes) is 1. The van der Waals surface area contributed by atoms with Gasteiger partial charge in [-0.3, -0.25) is 4.79 Å². The number of benzene rings is 1. The van der Waals surface area contributed by atoms with Gasteiger partial charge in [-0.15, -0.1) is 11.8 Å². The molecule has 0 N–H and O–H groups in total. The molecule has 0 spiro atoms. The van der Waals surface area contributed by atoms with E-state index >= 15 is 0 Å². The maximum absolute atomic E-state index is 13.3. The lowest BCUT2D eigenvalue weighted by molar-refractivity contribution is -0.141. The maximum atomic E-state index is 13.3. The van der Waals surface area contributed by atoms with Crippen LogP contribution in [-0.4, -0.2) is 23.1 Å². The molecule has 1 aliphatic heterocycles. The summed E-state index contributed by atoms with van der Waals surface area (Å²) in [6.07, 6.45) is -0.886. The van der Waals surface area contributed by atoms with Crippen LogP contribution < -0.4 is 0 Å². The summed E-state index contributed by atoms with van der Waals surface area (Å²) in [5, 5.41) is -0.536. The maximum Gasteiger partial charge on any atom is 0.416 e. The highest BCUT2D eigenvalue weighted by molar-refractivity contribution is 7.99. The minimum atomic E-state index is -4.40. The van der Waals surface area contributed by atoms with E-state index in [1.165, 1.54) is 23.9 Å². The summed E-state index contributed by atoms with van der Waals surface area (Å²) in [7, 11) is 0. The van der Waals surface area contributed by atoms with E-state index in [1.807, 2.05) is 6.92 Å². The van der Waals surface area contributed by atoms with Gasteiger partial charge < -0.3 is 4.90 Å². The predicted octanol–water partition coefficient (Wildman–Crippen LogP) is 5.50. The Morgan fingerprint density at radius 3 is 2.67 bits per heavy atom. The fourth-order valence-electron chi connectivity index (χ4n) is 3.11. The Kier molecular flexibility index (Phi) is 6.61. The highest BCUT2D eigenvalue weighted by Gasteiger charge is 2.40. The van der Waals surface area contributed by atoms with Crippen molar-refractivity contribution in [3.63, 3.8) is 0 Å². The summed E-state index contributed by atoms with van der Waals surface area (Å²) in [6, 6.07) is 5.61. The van der Waals surface area contributed by atoms with Crippen molar-refractivity contribution in [1.29, 1.82) is 0 Å². The Morgan fingerprint density at radius 2 is 2.04 bits per heavy atom. The van der Waals surface area contributed by atoms with Crippen LogP contribution in [-0.2, 0) is 11.0 Å². The van der Waals surface area contributed by atoms with E-state index < -0.39 is 17.1 Å². The van der Waals surface area contributed by atoms with Gasteiger partial charge in [0.05, 0.1) is 5.56 Å². The summed E-state index contributed by atoms with van der Waals surface area (Å²) in [5.74, 6) is 0.578. The molecule has 6 heteroatoms. The van der Waals surface area contributed by atoms with Crippen LogP contribution in [0.3, 0.4) is 0 Å². The molecule has 0 unspecified atom stereocenters. The van der Waals surface area contributed by atoms with E-state index in [0.29, 0.717) is 12.3 Å². The van der Waals surface area contributed by atoms with Crippen molar-refractivity contribution in [2.75, 3.05) is 12.3 Å². The van der Waals surface area contributed by atoms with E-state index in [4.69, 9.17) is 0 Å². The van der Waals surface area contributed by atoms with Crippen molar-refractivity contribution < 1.29 is 18.0 Å². The quantitative estimate of drug-likeness (QED) is 0.669. The first kappa shape index (κ1) is 19.2. The van der Waals surface area contributed by atoms with E-state index in [2.05, 4.69) is 6.92 Å². The molecule has 1 fully saturated rings. The monoisotopic (exact) mass is 359 g/mol. The standard InChI is InChI=1S/C18H24F3NOS/c1-3-5-8-13(4-2)16(23)22-11-12-24-17(22)14-9-6-7-10-15(14)18(19,20)21/h6-7,9-10,13,17H,3-5,8,11-12H2,1-2H3/t13-,17-/m0/s1. The second kappa shape index (κ2) is 8.28. The third-order valence-corrected chi connectivity index (χ3v) is 5.70. The molecule has 2 atom stereocenters. The van der Waals surface area contributed by atoms with Gasteiger partial charge in [0.2, 0.25) is 5.91 Å². The first-order valence-electron chi connectivity index (χ1n) is 8.48. The van der Waals surface area contributed by atoms with Crippen LogP contribution in [0, 0.1) is 5.92 Å². The van der Waals surface area contributed by atoms with Crippen molar-refractivity contribution in [2.24, 2.45) is 5.92 Å². The summed E-state index contributed by atoms with van der Waals surface area (Å²) in [6.45, 7) is 4.56. The lowest BCUT2D eigenvalue weighted by Gasteiger charge is -2.29. The lowest BCUT2D eigenvalue weighted by Crippen LogP contribution is -2.36. The van der Waals surface area contributed by atoms with Crippen molar-refractivity contribution in [3.05, 3.63) is 35.4 Å². The first-order chi connectivity index (χ1) is 11.4. The second-order valence-electron chi connectivity index (χ2n) is 6.09. The molecule has 0 bridgehead atoms. The number of hydrogen-bond donors (Lipinski definition) is 0. The molecule has 2 rings (SSSR count). The first-order valence-corrected chi connectivity index (χ1v) is 9.53. The van der Waals surface area contributed by atoms with Crippen molar-refractivity contribution in [2.45, 2.75) is 51.1 Å². The molecule has 0 radical (unpaired) electrons. The molecule has 1 heterocycles. The summed E-state index contributed by atoms with van der Waals surface area (Å²) in [5.41, 5.74) is -0.435. The minimum Gasteiger partial charge on any atom is -0.325 e. The molecule has 0 saturated carbocycles. The van der Waals surface area contributed by atoms with Crippen molar-refractivity contribution >= 4 is 17.7 Å². The minimum absolute atomic E-state index is 0.00192. The number of thioether (sulfide) groups is 1. The number of hydrogen-bond acceptors (Lipinski definition) is 2. The van der Waals surface area contributed by atoms with Crippen molar-refractivity contribution in [3.8, 4) is 0 Å². The van der Waals surface area contributed by atoms with E-state index in [-0.39, 0.29) is 17.4 Å². The molecule has 24 heavy (non-hydrogen) atoms. The topological polar surface area (TPSA) is 20.3 Å². The fourth-order valence-corrected chi connectivity index (χ4v) is 4.41. The number of nitrogens with zero attached hydrogens (tertiary/aromatic N) is 1. The number of carbonyl (C=O) groups is 1. The van der Waals surface area contributed by atoms with Crippen LogP contribution in [0.1, 0.15) is 56.0 Å². The summed E-state index contributed by atoms with van der Waals surface area (Å²) >= 11 is 1.42. The SMILES string of the molecule is CCCC[C@H](CC)C(=O)N1CCS[C@H]1c1ccccc1C(F)(F)F. The molecule has 1 saturated heterocycles. The van der Waals surface area contributed by atoms with E-state index in [1.54, 1.807) is 11.0 Å². The average Bonchev–Trinajstić information content (AvgIpc) is 3.04. The molecule has 134 valence electrons. The Morgan fingerprint density at radius 1 is 1.33 bits per heavy atom. The highest BCUT2D eigenvalue weighted by Crippen LogP contribution is 2.44. The van der Waals surface area contributed by atoms with Crippen LogP contribution in [0.2, 0.25) is 0 Å². The Balaban J connectivity index is 2.27. The van der Waals surface area contributed by atoms with Gasteiger partial charge in [-0.2, -0.15) is 13.2 Å². The van der Waals surface area contributed by atoms with Gasteiger partial charge in [-0.05, 0) is 24.5 Å². The Bertz CT molecular complexity index is 561. The fraction of sp³-hybridized carbons (Fsp3) is 0.611. The molecule has 1 aromatic rings. The molecule has 1 aliphatic rings. The highest BCUT2D eigenvalue weighted by atomic mass is 32.2. The average molecular weight is 359 g/mol. The van der Waals surface area contributed by atoms with Crippen LogP contribution in [0.15, 0.2) is 24.3 Å². The van der Waals surface area contributed by atoms with E-state index in [9.17, 15) is 18.0 Å². The number of rotatable bonds is 6. The second-order valence-corrected chi connectivity index (χ2v) is 7.28. The zero-order valence-corrected chi connectivity index (χ0v) is 14.9. The van der Waals surface area contributed by atoms with Crippen LogP contribution in [0.5, 0.6) is 0 Å². The number of halogens is 3. The third-order valence-electron chi connectivity index (χ3n) is 4.45. The van der Waals surface area contributed by atoms with Gasteiger partial charge in [-0.25, -0.2) is 0 Å². The van der Waals surface area contributed by atoms with Gasteiger partial charge in [0.25, 0.3) is 0 Å². The summed E-state index contributed by atoms with van der Waals surface area (Å²) < 4.78 is 39.9. The summed E-state index contributed by atoms with van der Waals surface area (Å²) in [4.78, 5) is 14.5. The number of carbonyl (C=O) groups excluding carboxylic acids is 1. The zero-order valence-electron chi connectivity index (χ0n) is 14.1. The normalized spacial score (nSPS) is 19.5. The molecule has 0 aliphatic carbocycles. The molecule has 1 aromatic carbocycles. The smallest absolute Gasteiger partial charge is 0.325 e. The Hall–Kier alpha value is -1.17. The van der Waals surface area contributed by atoms with Crippen LogP contribution in [0.25, 0.3) is 0 Å². The van der Waals surface area contributed by atoms with Gasteiger partial charge >= 0.3 is 6.18 Å². The van der Waals surface area contributed by atoms with Gasteiger partial charge in [-0.1, -0.05) is 44.9 Å². The van der Waals surface area contributed by atoms with Gasteiger partial charge in [0.1, 0.15) is 5.37 Å². The molecule has 1 amide bonds.